The summed E-state index contributed by atoms with van der Waals surface area (Å²) in [6.45, 7) is 4.27. The highest BCUT2D eigenvalue weighted by atomic mass is 16.1. The number of carbonyl (C=O) groups is 1. The van der Waals surface area contributed by atoms with Gasteiger partial charge in [-0.15, -0.1) is 0 Å². The Kier molecular flexibility index (Phi) is 8.07. The predicted octanol–water partition coefficient (Wildman–Crippen LogP) is 2.37. The molecule has 0 heterocycles. The summed E-state index contributed by atoms with van der Waals surface area (Å²) in [6.07, 6.45) is 3.07. The molecule has 0 aliphatic carbocycles. The van der Waals surface area contributed by atoms with Gasteiger partial charge >= 0.3 is 0 Å². The van der Waals surface area contributed by atoms with E-state index in [1.165, 1.54) is 30.2 Å². The molecule has 0 spiro atoms. The van der Waals surface area contributed by atoms with Gasteiger partial charge in [-0.05, 0) is 30.5 Å². The van der Waals surface area contributed by atoms with Crippen molar-refractivity contribution >= 4 is 12.0 Å². The molecule has 0 aliphatic rings. The molecular weight excluding hydrogens is 212 g/mol. The van der Waals surface area contributed by atoms with Crippen molar-refractivity contribution < 1.29 is 4.79 Å². The maximum Gasteiger partial charge on any atom is 0.116 e. The minimum Gasteiger partial charge on any atom is -0.377 e. The Hall–Kier alpha value is -1.35. The average Bonchev–Trinajstić information content (AvgIpc) is 2.30. The Morgan fingerprint density at radius 1 is 1.35 bits per heavy atom. The molecule has 17 heavy (non-hydrogen) atoms. The monoisotopic (exact) mass is 236 g/mol. The first-order valence-electron chi connectivity index (χ1n) is 5.99. The van der Waals surface area contributed by atoms with Crippen LogP contribution in [0.15, 0.2) is 18.2 Å². The third-order valence-electron chi connectivity index (χ3n) is 2.39. The molecule has 0 fully saturated rings. The number of aldehydes is 1. The number of hydrogen-bond acceptors (Lipinski definition) is 3. The minimum absolute atomic E-state index is 0.618. The van der Waals surface area contributed by atoms with Gasteiger partial charge in [-0.2, -0.15) is 0 Å². The topological polar surface area (TPSA) is 46.3 Å². The van der Waals surface area contributed by atoms with E-state index >= 15 is 0 Å². The zero-order chi connectivity index (χ0) is 13.3. The van der Waals surface area contributed by atoms with Crippen molar-refractivity contribution in [3.8, 4) is 0 Å². The summed E-state index contributed by atoms with van der Waals surface area (Å²) in [5.41, 5.74) is 9.54. The fourth-order valence-corrected chi connectivity index (χ4v) is 1.63. The molecule has 3 heteroatoms. The first-order chi connectivity index (χ1) is 8.10. The van der Waals surface area contributed by atoms with Crippen LogP contribution in [-0.4, -0.2) is 20.4 Å². The summed E-state index contributed by atoms with van der Waals surface area (Å²) in [5.74, 6) is 0. The van der Waals surface area contributed by atoms with E-state index in [0.717, 1.165) is 12.7 Å². The van der Waals surface area contributed by atoms with Crippen molar-refractivity contribution in [1.82, 2.24) is 0 Å². The molecule has 0 aliphatic heterocycles. The second-order valence-corrected chi connectivity index (χ2v) is 4.05. The first kappa shape index (κ1) is 15.7. The van der Waals surface area contributed by atoms with Crippen molar-refractivity contribution in [2.75, 3.05) is 19.0 Å². The van der Waals surface area contributed by atoms with E-state index in [9.17, 15) is 0 Å². The van der Waals surface area contributed by atoms with Crippen LogP contribution in [0, 0.1) is 0 Å². The molecule has 0 bridgehead atoms. The van der Waals surface area contributed by atoms with Crippen molar-refractivity contribution in [1.29, 1.82) is 0 Å². The molecule has 1 rings (SSSR count). The van der Waals surface area contributed by atoms with Crippen molar-refractivity contribution in [2.45, 2.75) is 33.2 Å². The van der Waals surface area contributed by atoms with Gasteiger partial charge in [0.15, 0.2) is 0 Å². The molecule has 1 aromatic carbocycles. The summed E-state index contributed by atoms with van der Waals surface area (Å²) < 4.78 is 0. The summed E-state index contributed by atoms with van der Waals surface area (Å²) in [7, 11) is 4.16. The number of nitrogens with zero attached hydrogens (tertiary/aromatic N) is 1. The van der Waals surface area contributed by atoms with E-state index in [1.54, 1.807) is 0 Å². The van der Waals surface area contributed by atoms with E-state index in [1.807, 2.05) is 0 Å². The third-order valence-corrected chi connectivity index (χ3v) is 2.39. The van der Waals surface area contributed by atoms with Crippen LogP contribution >= 0.6 is 0 Å². The Labute approximate surface area is 105 Å². The van der Waals surface area contributed by atoms with Crippen LogP contribution in [0.4, 0.5) is 5.69 Å². The van der Waals surface area contributed by atoms with Gasteiger partial charge < -0.3 is 15.4 Å². The zero-order valence-corrected chi connectivity index (χ0v) is 11.4. The highest BCUT2D eigenvalue weighted by Gasteiger charge is 2.04. The summed E-state index contributed by atoms with van der Waals surface area (Å²) in [5, 5.41) is 0. The molecule has 0 atom stereocenters. The highest BCUT2D eigenvalue weighted by Crippen LogP contribution is 2.21. The molecule has 0 unspecified atom stereocenters. The lowest BCUT2D eigenvalue weighted by Gasteiger charge is -2.18. The van der Waals surface area contributed by atoms with Gasteiger partial charge in [-0.3, -0.25) is 0 Å². The van der Waals surface area contributed by atoms with Gasteiger partial charge in [0, 0.05) is 26.3 Å². The summed E-state index contributed by atoms with van der Waals surface area (Å²) in [6, 6.07) is 6.50. The minimum atomic E-state index is 0.618. The van der Waals surface area contributed by atoms with Gasteiger partial charge in [0.2, 0.25) is 0 Å². The van der Waals surface area contributed by atoms with E-state index < -0.39 is 0 Å². The predicted molar refractivity (Wildman–Crippen MR) is 74.4 cm³/mol. The lowest BCUT2D eigenvalue weighted by Crippen LogP contribution is -2.12. The summed E-state index contributed by atoms with van der Waals surface area (Å²) >= 11 is 0. The Bertz CT molecular complexity index is 335. The average molecular weight is 236 g/mol. The van der Waals surface area contributed by atoms with Crippen molar-refractivity contribution in [3.63, 3.8) is 0 Å². The van der Waals surface area contributed by atoms with Crippen LogP contribution in [0.5, 0.6) is 0 Å². The van der Waals surface area contributed by atoms with Crippen molar-refractivity contribution in [3.05, 3.63) is 29.3 Å². The molecule has 0 saturated heterocycles. The third kappa shape index (κ3) is 5.50. The van der Waals surface area contributed by atoms with Gasteiger partial charge in [-0.1, -0.05) is 25.5 Å². The Morgan fingerprint density at radius 3 is 2.35 bits per heavy atom. The van der Waals surface area contributed by atoms with Gasteiger partial charge in [0.05, 0.1) is 0 Å². The molecule has 0 aromatic heterocycles. The number of anilines is 1. The molecular formula is C14H24N2O. The molecule has 3 nitrogen and oxygen atoms in total. The van der Waals surface area contributed by atoms with Gasteiger partial charge in [0.1, 0.15) is 6.29 Å². The van der Waals surface area contributed by atoms with Gasteiger partial charge in [0.25, 0.3) is 0 Å². The Morgan fingerprint density at radius 2 is 1.94 bits per heavy atom. The largest absolute Gasteiger partial charge is 0.377 e. The smallest absolute Gasteiger partial charge is 0.116 e. The first-order valence-corrected chi connectivity index (χ1v) is 5.99. The molecule has 0 saturated carbocycles. The SMILES string of the molecule is CC=O.CCCc1ccc(CN)cc1N(C)C. The number of aryl methyl sites for hydroxylation is 1. The molecule has 0 radical (unpaired) electrons. The van der Waals surface area contributed by atoms with Crippen LogP contribution in [0.1, 0.15) is 31.4 Å². The van der Waals surface area contributed by atoms with E-state index in [-0.39, 0.29) is 0 Å². The molecule has 2 N–H and O–H groups in total. The number of rotatable bonds is 4. The zero-order valence-electron chi connectivity index (χ0n) is 11.4. The van der Waals surface area contributed by atoms with Crippen LogP contribution < -0.4 is 10.6 Å². The second kappa shape index (κ2) is 8.76. The molecule has 96 valence electrons. The number of nitrogens with two attached hydrogens (primary N) is 1. The number of benzene rings is 1. The van der Waals surface area contributed by atoms with Crippen LogP contribution in [-0.2, 0) is 17.8 Å². The molecule has 0 amide bonds. The van der Waals surface area contributed by atoms with Crippen LogP contribution in [0.3, 0.4) is 0 Å². The Balaban J connectivity index is 0.000000770. The lowest BCUT2D eigenvalue weighted by molar-refractivity contribution is -0.106. The van der Waals surface area contributed by atoms with Gasteiger partial charge in [-0.25, -0.2) is 0 Å². The highest BCUT2D eigenvalue weighted by molar-refractivity contribution is 5.54. The van der Waals surface area contributed by atoms with E-state index in [2.05, 4.69) is 44.1 Å². The summed E-state index contributed by atoms with van der Waals surface area (Å²) in [4.78, 5) is 11.0. The lowest BCUT2D eigenvalue weighted by atomic mass is 10.0. The fourth-order valence-electron chi connectivity index (χ4n) is 1.63. The number of hydrogen-bond donors (Lipinski definition) is 1. The standard InChI is InChI=1S/C12H20N2.C2H4O/c1-4-5-11-7-6-10(9-13)8-12(11)14(2)3;1-2-3/h6-8H,4-5,9,13H2,1-3H3;2H,1H3. The maximum absolute atomic E-state index is 8.81. The quantitative estimate of drug-likeness (QED) is 0.816. The van der Waals surface area contributed by atoms with Crippen LogP contribution in [0.2, 0.25) is 0 Å². The van der Waals surface area contributed by atoms with Crippen LogP contribution in [0.25, 0.3) is 0 Å². The van der Waals surface area contributed by atoms with E-state index in [0.29, 0.717) is 6.54 Å². The normalized spacial score (nSPS) is 9.24. The van der Waals surface area contributed by atoms with Crippen molar-refractivity contribution in [2.24, 2.45) is 5.73 Å². The maximum atomic E-state index is 8.81. The number of carbonyl (C=O) groups excluding carboxylic acids is 1. The molecule has 1 aromatic rings. The second-order valence-electron chi connectivity index (χ2n) is 4.05. The fraction of sp³-hybridized carbons (Fsp3) is 0.500. The van der Waals surface area contributed by atoms with E-state index in [4.69, 9.17) is 10.5 Å².